The van der Waals surface area contributed by atoms with Crippen molar-refractivity contribution in [1.82, 2.24) is 10.2 Å². The van der Waals surface area contributed by atoms with Crippen molar-refractivity contribution in [2.24, 2.45) is 0 Å². The van der Waals surface area contributed by atoms with Crippen molar-refractivity contribution >= 4 is 5.91 Å². The van der Waals surface area contributed by atoms with Crippen LogP contribution in [0.1, 0.15) is 19.8 Å². The van der Waals surface area contributed by atoms with E-state index in [4.69, 9.17) is 9.47 Å². The smallest absolute Gasteiger partial charge is 0.240 e. The van der Waals surface area contributed by atoms with Crippen LogP contribution >= 0.6 is 0 Å². The van der Waals surface area contributed by atoms with Gasteiger partial charge in [-0.2, -0.15) is 0 Å². The van der Waals surface area contributed by atoms with Gasteiger partial charge in [0, 0.05) is 13.7 Å². The van der Waals surface area contributed by atoms with Crippen molar-refractivity contribution in [2.75, 3.05) is 40.1 Å². The molecule has 1 aliphatic rings. The number of carbonyl (C=O) groups is 1. The molecule has 0 saturated carbocycles. The summed E-state index contributed by atoms with van der Waals surface area (Å²) in [6.45, 7) is 5.17. The summed E-state index contributed by atoms with van der Waals surface area (Å²) in [5.74, 6) is 0.206. The van der Waals surface area contributed by atoms with Gasteiger partial charge >= 0.3 is 0 Å². The number of hydrogen-bond acceptors (Lipinski definition) is 4. The molecule has 1 aliphatic heterocycles. The molecular formula is C11H22N2O3. The summed E-state index contributed by atoms with van der Waals surface area (Å²) in [7, 11) is 1.65. The summed E-state index contributed by atoms with van der Waals surface area (Å²) in [6.07, 6.45) is 1.95. The third-order valence-electron chi connectivity index (χ3n) is 2.65. The highest BCUT2D eigenvalue weighted by Gasteiger charge is 2.29. The summed E-state index contributed by atoms with van der Waals surface area (Å²) in [6, 6.07) is 0.0176. The Morgan fingerprint density at radius 2 is 2.25 bits per heavy atom. The summed E-state index contributed by atoms with van der Waals surface area (Å²) < 4.78 is 10.2. The second-order valence-electron chi connectivity index (χ2n) is 3.91. The van der Waals surface area contributed by atoms with Crippen LogP contribution in [0.25, 0.3) is 0 Å². The van der Waals surface area contributed by atoms with E-state index in [-0.39, 0.29) is 11.9 Å². The molecule has 5 heteroatoms. The van der Waals surface area contributed by atoms with Crippen LogP contribution in [0.15, 0.2) is 0 Å². The van der Waals surface area contributed by atoms with Crippen molar-refractivity contribution < 1.29 is 14.3 Å². The molecule has 0 aromatic carbocycles. The van der Waals surface area contributed by atoms with E-state index >= 15 is 0 Å². The molecule has 1 N–H and O–H groups in total. The van der Waals surface area contributed by atoms with Gasteiger partial charge in [0.05, 0.1) is 32.5 Å². The predicted molar refractivity (Wildman–Crippen MR) is 61.1 cm³/mol. The molecule has 0 aliphatic carbocycles. The molecule has 0 aromatic heterocycles. The minimum atomic E-state index is 0.0176. The van der Waals surface area contributed by atoms with Crippen LogP contribution < -0.4 is 5.32 Å². The molecule has 1 atom stereocenters. The Kier molecular flexibility index (Phi) is 6.37. The number of methoxy groups -OCH3 is 1. The number of nitrogens with one attached hydrogen (secondary N) is 1. The molecular weight excluding hydrogens is 208 g/mol. The highest BCUT2D eigenvalue weighted by atomic mass is 16.5. The summed E-state index contributed by atoms with van der Waals surface area (Å²) in [5.41, 5.74) is 0. The second kappa shape index (κ2) is 7.60. The Balaban J connectivity index is 2.12. The molecule has 0 bridgehead atoms. The SMILES string of the molecule is CCCC1NCN(CCOCCOC)C1=O. The van der Waals surface area contributed by atoms with Crippen LogP contribution in [-0.2, 0) is 14.3 Å². The Morgan fingerprint density at radius 1 is 1.44 bits per heavy atom. The monoisotopic (exact) mass is 230 g/mol. The first-order valence-corrected chi connectivity index (χ1v) is 5.88. The minimum absolute atomic E-state index is 0.0176. The normalized spacial score (nSPS) is 20.8. The molecule has 1 saturated heterocycles. The zero-order chi connectivity index (χ0) is 11.8. The summed E-state index contributed by atoms with van der Waals surface area (Å²) in [5, 5.41) is 3.21. The third kappa shape index (κ3) is 4.08. The standard InChI is InChI=1S/C11H22N2O3/c1-3-4-10-11(14)13(9-12-10)5-6-16-8-7-15-2/h10,12H,3-9H2,1-2H3. The maximum absolute atomic E-state index is 11.8. The van der Waals surface area contributed by atoms with Gasteiger partial charge in [0.2, 0.25) is 5.91 Å². The Morgan fingerprint density at radius 3 is 2.94 bits per heavy atom. The summed E-state index contributed by atoms with van der Waals surface area (Å²) in [4.78, 5) is 13.6. The first-order valence-electron chi connectivity index (χ1n) is 5.88. The molecule has 0 spiro atoms. The lowest BCUT2D eigenvalue weighted by atomic mass is 10.2. The largest absolute Gasteiger partial charge is 0.382 e. The molecule has 1 amide bonds. The lowest BCUT2D eigenvalue weighted by Gasteiger charge is -2.15. The molecule has 1 rings (SSSR count). The fourth-order valence-electron chi connectivity index (χ4n) is 1.73. The average molecular weight is 230 g/mol. The third-order valence-corrected chi connectivity index (χ3v) is 2.65. The van der Waals surface area contributed by atoms with E-state index < -0.39 is 0 Å². The number of ether oxygens (including phenoxy) is 2. The minimum Gasteiger partial charge on any atom is -0.382 e. The van der Waals surface area contributed by atoms with Crippen LogP contribution in [0.5, 0.6) is 0 Å². The maximum Gasteiger partial charge on any atom is 0.240 e. The topological polar surface area (TPSA) is 50.8 Å². The fourth-order valence-corrected chi connectivity index (χ4v) is 1.73. The highest BCUT2D eigenvalue weighted by Crippen LogP contribution is 2.08. The zero-order valence-electron chi connectivity index (χ0n) is 10.2. The fraction of sp³-hybridized carbons (Fsp3) is 0.909. The van der Waals surface area contributed by atoms with Gasteiger partial charge in [-0.1, -0.05) is 13.3 Å². The van der Waals surface area contributed by atoms with Gasteiger partial charge in [-0.3, -0.25) is 10.1 Å². The number of nitrogens with zero attached hydrogens (tertiary/aromatic N) is 1. The molecule has 16 heavy (non-hydrogen) atoms. The van der Waals surface area contributed by atoms with Crippen LogP contribution in [0.4, 0.5) is 0 Å². The number of amides is 1. The lowest BCUT2D eigenvalue weighted by Crippen LogP contribution is -2.32. The van der Waals surface area contributed by atoms with E-state index in [1.807, 2.05) is 4.90 Å². The van der Waals surface area contributed by atoms with Crippen molar-refractivity contribution in [2.45, 2.75) is 25.8 Å². The van der Waals surface area contributed by atoms with Crippen LogP contribution in [-0.4, -0.2) is 57.0 Å². The molecule has 0 aromatic rings. The number of rotatable bonds is 8. The first-order chi connectivity index (χ1) is 7.79. The highest BCUT2D eigenvalue weighted by molar-refractivity contribution is 5.83. The van der Waals surface area contributed by atoms with Gasteiger partial charge in [0.25, 0.3) is 0 Å². The Bertz CT molecular complexity index is 211. The van der Waals surface area contributed by atoms with Crippen molar-refractivity contribution in [3.63, 3.8) is 0 Å². The zero-order valence-corrected chi connectivity index (χ0v) is 10.2. The molecule has 5 nitrogen and oxygen atoms in total. The van der Waals surface area contributed by atoms with E-state index in [0.29, 0.717) is 33.0 Å². The molecule has 1 heterocycles. The van der Waals surface area contributed by atoms with Crippen molar-refractivity contribution in [3.05, 3.63) is 0 Å². The molecule has 1 fully saturated rings. The van der Waals surface area contributed by atoms with Crippen molar-refractivity contribution in [3.8, 4) is 0 Å². The van der Waals surface area contributed by atoms with Crippen LogP contribution in [0.3, 0.4) is 0 Å². The average Bonchev–Trinajstić information content (AvgIpc) is 2.62. The van der Waals surface area contributed by atoms with E-state index in [1.165, 1.54) is 0 Å². The first kappa shape index (κ1) is 13.4. The molecule has 1 unspecified atom stereocenters. The van der Waals surface area contributed by atoms with Gasteiger partial charge in [-0.25, -0.2) is 0 Å². The van der Waals surface area contributed by atoms with Crippen molar-refractivity contribution in [1.29, 1.82) is 0 Å². The molecule has 94 valence electrons. The van der Waals surface area contributed by atoms with Gasteiger partial charge < -0.3 is 14.4 Å². The van der Waals surface area contributed by atoms with Crippen LogP contribution in [0.2, 0.25) is 0 Å². The summed E-state index contributed by atoms with van der Waals surface area (Å²) >= 11 is 0. The second-order valence-corrected chi connectivity index (χ2v) is 3.91. The molecule has 0 radical (unpaired) electrons. The van der Waals surface area contributed by atoms with Crippen LogP contribution in [0, 0.1) is 0 Å². The van der Waals surface area contributed by atoms with E-state index in [9.17, 15) is 4.79 Å². The number of carbonyl (C=O) groups excluding carboxylic acids is 1. The number of hydrogen-bond donors (Lipinski definition) is 1. The van der Waals surface area contributed by atoms with Gasteiger partial charge in [-0.05, 0) is 6.42 Å². The lowest BCUT2D eigenvalue weighted by molar-refractivity contribution is -0.129. The van der Waals surface area contributed by atoms with E-state index in [1.54, 1.807) is 7.11 Å². The van der Waals surface area contributed by atoms with E-state index in [0.717, 1.165) is 12.8 Å². The van der Waals surface area contributed by atoms with E-state index in [2.05, 4.69) is 12.2 Å². The van der Waals surface area contributed by atoms with Gasteiger partial charge in [0.1, 0.15) is 0 Å². The quantitative estimate of drug-likeness (QED) is 0.606. The van der Waals surface area contributed by atoms with Gasteiger partial charge in [0.15, 0.2) is 0 Å². The maximum atomic E-state index is 11.8. The predicted octanol–water partition coefficient (Wildman–Crippen LogP) is 0.207. The Hall–Kier alpha value is -0.650. The Labute approximate surface area is 97.1 Å². The van der Waals surface area contributed by atoms with Gasteiger partial charge in [-0.15, -0.1) is 0 Å².